The van der Waals surface area contributed by atoms with Gasteiger partial charge in [-0.2, -0.15) is 0 Å². The molecular weight excluding hydrogens is 400 g/mol. The second kappa shape index (κ2) is 9.44. The number of Topliss-reactive ketones (excluding diaryl/α,β-unsaturated/α-hetero) is 1. The average molecular weight is 439 g/mol. The molecule has 1 aromatic carbocycles. The van der Waals surface area contributed by atoms with Crippen molar-refractivity contribution in [1.29, 1.82) is 0 Å². The second-order valence-electron chi connectivity index (χ2n) is 10.4. The normalized spacial score (nSPS) is 17.3. The molecule has 0 spiro atoms. The van der Waals surface area contributed by atoms with Gasteiger partial charge in [-0.05, 0) is 80.9 Å². The van der Waals surface area contributed by atoms with Gasteiger partial charge in [-0.3, -0.25) is 4.79 Å². The van der Waals surface area contributed by atoms with E-state index in [1.54, 1.807) is 11.3 Å². The fourth-order valence-electron chi connectivity index (χ4n) is 4.89. The summed E-state index contributed by atoms with van der Waals surface area (Å²) < 4.78 is 0. The van der Waals surface area contributed by atoms with Gasteiger partial charge >= 0.3 is 0 Å². The van der Waals surface area contributed by atoms with Gasteiger partial charge in [0.1, 0.15) is 5.78 Å². The number of aryl methyl sites for hydroxylation is 2. The number of hydrogen-bond donors (Lipinski definition) is 0. The summed E-state index contributed by atoms with van der Waals surface area (Å²) in [5.74, 6) is 0.659. The molecular formula is C27H38N2OS. The summed E-state index contributed by atoms with van der Waals surface area (Å²) in [4.78, 5) is 20.5. The van der Waals surface area contributed by atoms with Crippen molar-refractivity contribution in [3.63, 3.8) is 0 Å². The monoisotopic (exact) mass is 438 g/mol. The first-order chi connectivity index (χ1) is 14.9. The standard InChI is InChI=1S/C27H38N2OS/c1-5-29(22-15-16-22)26-28-21(18-31-26)14-13-20(17-25(30)27(2,3)4)24-12-8-10-19-9-6-7-11-23(19)24/h8,10,12,18,20,22H,5-7,9,11,13-17H2,1-4H3. The SMILES string of the molecule is CCN(c1nc(CCC(CC(=O)C(C)(C)C)c2cccc3c2CCCC3)cs1)C1CC1. The van der Waals surface area contributed by atoms with Crippen molar-refractivity contribution in [1.82, 2.24) is 4.98 Å². The van der Waals surface area contributed by atoms with Crippen LogP contribution >= 0.6 is 11.3 Å². The zero-order chi connectivity index (χ0) is 22.0. The summed E-state index contributed by atoms with van der Waals surface area (Å²) in [7, 11) is 0. The Kier molecular flexibility index (Phi) is 6.86. The highest BCUT2D eigenvalue weighted by Crippen LogP contribution is 2.37. The van der Waals surface area contributed by atoms with E-state index in [1.807, 2.05) is 0 Å². The van der Waals surface area contributed by atoms with E-state index in [0.29, 0.717) is 18.2 Å². The van der Waals surface area contributed by atoms with Crippen molar-refractivity contribution < 1.29 is 4.79 Å². The van der Waals surface area contributed by atoms with Gasteiger partial charge in [0.05, 0.1) is 5.69 Å². The molecule has 1 unspecified atom stereocenters. The van der Waals surface area contributed by atoms with Crippen molar-refractivity contribution in [2.75, 3.05) is 11.4 Å². The van der Waals surface area contributed by atoms with Gasteiger partial charge in [0.2, 0.25) is 0 Å². The first kappa shape index (κ1) is 22.5. The number of ketones is 1. The number of benzene rings is 1. The van der Waals surface area contributed by atoms with Gasteiger partial charge in [-0.15, -0.1) is 11.3 Å². The van der Waals surface area contributed by atoms with Crippen LogP contribution in [0.4, 0.5) is 5.13 Å². The second-order valence-corrected chi connectivity index (χ2v) is 11.3. The third-order valence-electron chi connectivity index (χ3n) is 7.00. The maximum Gasteiger partial charge on any atom is 0.185 e. The van der Waals surface area contributed by atoms with Gasteiger partial charge in [-0.1, -0.05) is 39.0 Å². The molecule has 3 nitrogen and oxygen atoms in total. The van der Waals surface area contributed by atoms with Crippen molar-refractivity contribution in [3.8, 4) is 0 Å². The lowest BCUT2D eigenvalue weighted by atomic mass is 9.77. The number of rotatable bonds is 9. The number of fused-ring (bicyclic) bond motifs is 1. The summed E-state index contributed by atoms with van der Waals surface area (Å²) in [6.07, 6.45) is 10.1. The fourth-order valence-corrected chi connectivity index (χ4v) is 5.89. The van der Waals surface area contributed by atoms with Gasteiger partial charge in [0.25, 0.3) is 0 Å². The topological polar surface area (TPSA) is 33.2 Å². The molecule has 2 aliphatic carbocycles. The quantitative estimate of drug-likeness (QED) is 0.435. The Labute approximate surface area is 192 Å². The van der Waals surface area contributed by atoms with Gasteiger partial charge < -0.3 is 4.90 Å². The molecule has 2 aromatic rings. The molecule has 168 valence electrons. The minimum Gasteiger partial charge on any atom is -0.345 e. The number of hydrogen-bond acceptors (Lipinski definition) is 4. The molecule has 0 bridgehead atoms. The highest BCUT2D eigenvalue weighted by molar-refractivity contribution is 7.13. The molecule has 0 amide bonds. The average Bonchev–Trinajstić information content (AvgIpc) is 3.48. The Morgan fingerprint density at radius 3 is 2.71 bits per heavy atom. The van der Waals surface area contributed by atoms with Crippen LogP contribution in [0.15, 0.2) is 23.6 Å². The fraction of sp³-hybridized carbons (Fsp3) is 0.630. The summed E-state index contributed by atoms with van der Waals surface area (Å²) >= 11 is 1.79. The lowest BCUT2D eigenvalue weighted by Crippen LogP contribution is -2.24. The lowest BCUT2D eigenvalue weighted by molar-refractivity contribution is -0.126. The van der Waals surface area contributed by atoms with E-state index >= 15 is 0 Å². The predicted octanol–water partition coefficient (Wildman–Crippen LogP) is 6.73. The molecule has 1 fully saturated rings. The van der Waals surface area contributed by atoms with E-state index in [-0.39, 0.29) is 11.3 Å². The number of carbonyl (C=O) groups excluding carboxylic acids is 1. The number of anilines is 1. The lowest BCUT2D eigenvalue weighted by Gasteiger charge is -2.27. The minimum absolute atomic E-state index is 0.285. The van der Waals surface area contributed by atoms with Crippen LogP contribution in [0.5, 0.6) is 0 Å². The molecule has 1 heterocycles. The zero-order valence-electron chi connectivity index (χ0n) is 19.7. The van der Waals surface area contributed by atoms with Crippen LogP contribution in [0.2, 0.25) is 0 Å². The van der Waals surface area contributed by atoms with Gasteiger partial charge in [0.15, 0.2) is 5.13 Å². The number of aromatic nitrogens is 1. The van der Waals surface area contributed by atoms with E-state index in [1.165, 1.54) is 66.0 Å². The van der Waals surface area contributed by atoms with Gasteiger partial charge in [-0.25, -0.2) is 4.98 Å². The Hall–Kier alpha value is -1.68. The molecule has 0 saturated heterocycles. The molecule has 31 heavy (non-hydrogen) atoms. The summed E-state index contributed by atoms with van der Waals surface area (Å²) in [6, 6.07) is 7.51. The molecule has 1 aromatic heterocycles. The van der Waals surface area contributed by atoms with Crippen LogP contribution in [0.3, 0.4) is 0 Å². The van der Waals surface area contributed by atoms with Crippen LogP contribution in [-0.4, -0.2) is 23.4 Å². The van der Waals surface area contributed by atoms with Crippen LogP contribution < -0.4 is 4.90 Å². The number of nitrogens with zero attached hydrogens (tertiary/aromatic N) is 2. The van der Waals surface area contributed by atoms with Crippen LogP contribution in [-0.2, 0) is 24.1 Å². The van der Waals surface area contributed by atoms with Crippen molar-refractivity contribution in [2.45, 2.75) is 97.4 Å². The van der Waals surface area contributed by atoms with Crippen LogP contribution in [0.25, 0.3) is 0 Å². The molecule has 0 aliphatic heterocycles. The van der Waals surface area contributed by atoms with Crippen molar-refractivity contribution in [2.24, 2.45) is 5.41 Å². The van der Waals surface area contributed by atoms with Gasteiger partial charge in [0, 0.05) is 29.8 Å². The molecule has 1 saturated carbocycles. The highest BCUT2D eigenvalue weighted by Gasteiger charge is 2.30. The highest BCUT2D eigenvalue weighted by atomic mass is 32.1. The Morgan fingerprint density at radius 1 is 1.23 bits per heavy atom. The summed E-state index contributed by atoms with van der Waals surface area (Å²) in [5.41, 5.74) is 5.38. The minimum atomic E-state index is -0.285. The van der Waals surface area contributed by atoms with E-state index in [4.69, 9.17) is 4.98 Å². The number of thiazole rings is 1. The first-order valence-corrected chi connectivity index (χ1v) is 13.1. The van der Waals surface area contributed by atoms with Crippen molar-refractivity contribution in [3.05, 3.63) is 46.0 Å². The molecule has 2 aliphatic rings. The molecule has 4 rings (SSSR count). The Bertz CT molecular complexity index is 906. The Morgan fingerprint density at radius 2 is 2.00 bits per heavy atom. The third kappa shape index (κ3) is 5.39. The van der Waals surface area contributed by atoms with Crippen LogP contribution in [0, 0.1) is 5.41 Å². The molecule has 0 N–H and O–H groups in total. The maximum atomic E-state index is 13.0. The molecule has 0 radical (unpaired) electrons. The van der Waals surface area contributed by atoms with E-state index in [2.05, 4.69) is 56.2 Å². The predicted molar refractivity (Wildman–Crippen MR) is 131 cm³/mol. The van der Waals surface area contributed by atoms with Crippen LogP contribution in [0.1, 0.15) is 94.5 Å². The van der Waals surface area contributed by atoms with E-state index < -0.39 is 0 Å². The first-order valence-electron chi connectivity index (χ1n) is 12.2. The molecule has 4 heteroatoms. The van der Waals surface area contributed by atoms with E-state index in [0.717, 1.165) is 19.4 Å². The smallest absolute Gasteiger partial charge is 0.185 e. The summed E-state index contributed by atoms with van der Waals surface area (Å²) in [5, 5.41) is 3.42. The number of carbonyl (C=O) groups is 1. The largest absolute Gasteiger partial charge is 0.345 e. The third-order valence-corrected chi connectivity index (χ3v) is 7.93. The zero-order valence-corrected chi connectivity index (χ0v) is 20.6. The maximum absolute atomic E-state index is 13.0. The molecule has 1 atom stereocenters. The Balaban J connectivity index is 1.53. The van der Waals surface area contributed by atoms with Crippen molar-refractivity contribution >= 4 is 22.3 Å². The summed E-state index contributed by atoms with van der Waals surface area (Å²) in [6.45, 7) is 9.42. The van der Waals surface area contributed by atoms with E-state index in [9.17, 15) is 4.79 Å².